The van der Waals surface area contributed by atoms with E-state index in [1.165, 1.54) is 0 Å². The number of carbonyl (C=O) groups is 1. The Kier molecular flexibility index (Phi) is 3.39. The predicted molar refractivity (Wildman–Crippen MR) is 49.1 cm³/mol. The zero-order valence-corrected chi connectivity index (χ0v) is 8.62. The first kappa shape index (κ1) is 10.6. The first-order chi connectivity index (χ1) is 6.06. The quantitative estimate of drug-likeness (QED) is 0.458. The van der Waals surface area contributed by atoms with E-state index in [0.717, 1.165) is 12.1 Å². The second-order valence-electron chi connectivity index (χ2n) is 2.30. The molecule has 5 heteroatoms. The fourth-order valence-electron chi connectivity index (χ4n) is 0.808. The average molecular weight is 269 g/mol. The number of Topliss-reactive ketones (excluding diaryl/α,β-unsaturated/α-hetero) is 1. The number of ketones is 1. The van der Waals surface area contributed by atoms with E-state index in [4.69, 9.17) is 11.6 Å². The van der Waals surface area contributed by atoms with Crippen LogP contribution in [0.4, 0.5) is 8.78 Å². The van der Waals surface area contributed by atoms with Gasteiger partial charge in [-0.1, -0.05) is 0 Å². The van der Waals surface area contributed by atoms with Crippen molar-refractivity contribution in [2.75, 3.05) is 5.88 Å². The minimum absolute atomic E-state index is 0.0499. The standard InChI is InChI=1S/C8H4BrClF2O/c9-5-2-7(12)6(11)1-4(5)8(13)3-10/h1-2H,3H2. The maximum Gasteiger partial charge on any atom is 0.178 e. The Balaban J connectivity index is 3.23. The lowest BCUT2D eigenvalue weighted by atomic mass is 10.1. The summed E-state index contributed by atoms with van der Waals surface area (Å²) in [7, 11) is 0. The Labute approximate surface area is 86.8 Å². The van der Waals surface area contributed by atoms with Crippen LogP contribution in [-0.2, 0) is 0 Å². The van der Waals surface area contributed by atoms with Crippen LogP contribution >= 0.6 is 27.5 Å². The minimum atomic E-state index is -1.06. The summed E-state index contributed by atoms with van der Waals surface area (Å²) in [5.74, 6) is -2.77. The third-order valence-electron chi connectivity index (χ3n) is 1.43. The summed E-state index contributed by atoms with van der Waals surface area (Å²) in [4.78, 5) is 11.0. The van der Waals surface area contributed by atoms with Gasteiger partial charge in [0.05, 0.1) is 5.88 Å². The molecule has 1 nitrogen and oxygen atoms in total. The van der Waals surface area contributed by atoms with Gasteiger partial charge < -0.3 is 0 Å². The molecule has 0 bridgehead atoms. The maximum absolute atomic E-state index is 12.7. The van der Waals surface area contributed by atoms with E-state index in [9.17, 15) is 13.6 Å². The molecule has 0 amide bonds. The van der Waals surface area contributed by atoms with Crippen molar-refractivity contribution in [3.63, 3.8) is 0 Å². The largest absolute Gasteiger partial charge is 0.293 e. The van der Waals surface area contributed by atoms with Crippen LogP contribution in [0.2, 0.25) is 0 Å². The second kappa shape index (κ2) is 4.15. The van der Waals surface area contributed by atoms with Crippen molar-refractivity contribution in [1.29, 1.82) is 0 Å². The van der Waals surface area contributed by atoms with Crippen molar-refractivity contribution in [3.05, 3.63) is 33.8 Å². The fourth-order valence-corrected chi connectivity index (χ4v) is 1.49. The summed E-state index contributed by atoms with van der Waals surface area (Å²) < 4.78 is 25.4. The number of rotatable bonds is 2. The zero-order valence-electron chi connectivity index (χ0n) is 6.28. The summed E-state index contributed by atoms with van der Waals surface area (Å²) in [6.07, 6.45) is 0. The van der Waals surface area contributed by atoms with Gasteiger partial charge in [0.25, 0.3) is 0 Å². The molecule has 0 saturated heterocycles. The van der Waals surface area contributed by atoms with Crippen molar-refractivity contribution >= 4 is 33.3 Å². The van der Waals surface area contributed by atoms with Crippen LogP contribution in [0.25, 0.3) is 0 Å². The van der Waals surface area contributed by atoms with Crippen LogP contribution in [0.15, 0.2) is 16.6 Å². The monoisotopic (exact) mass is 268 g/mol. The summed E-state index contributed by atoms with van der Waals surface area (Å²) in [6.45, 7) is 0. The molecule has 0 saturated carbocycles. The van der Waals surface area contributed by atoms with Crippen molar-refractivity contribution < 1.29 is 13.6 Å². The molecular weight excluding hydrogens is 265 g/mol. The first-order valence-electron chi connectivity index (χ1n) is 3.30. The highest BCUT2D eigenvalue weighted by molar-refractivity contribution is 9.10. The van der Waals surface area contributed by atoms with E-state index >= 15 is 0 Å². The number of hydrogen-bond acceptors (Lipinski definition) is 1. The second-order valence-corrected chi connectivity index (χ2v) is 3.42. The summed E-state index contributed by atoms with van der Waals surface area (Å²) in [5, 5.41) is 0. The Morgan fingerprint density at radius 3 is 2.46 bits per heavy atom. The molecule has 1 rings (SSSR count). The van der Waals surface area contributed by atoms with E-state index in [0.29, 0.717) is 0 Å². The van der Waals surface area contributed by atoms with Gasteiger partial charge >= 0.3 is 0 Å². The van der Waals surface area contributed by atoms with Crippen molar-refractivity contribution in [3.8, 4) is 0 Å². The fraction of sp³-hybridized carbons (Fsp3) is 0.125. The maximum atomic E-state index is 12.7. The number of hydrogen-bond donors (Lipinski definition) is 0. The van der Waals surface area contributed by atoms with E-state index in [1.807, 2.05) is 0 Å². The van der Waals surface area contributed by atoms with Gasteiger partial charge in [-0.05, 0) is 28.1 Å². The van der Waals surface area contributed by atoms with Crippen LogP contribution in [-0.4, -0.2) is 11.7 Å². The SMILES string of the molecule is O=C(CCl)c1cc(F)c(F)cc1Br. The third kappa shape index (κ3) is 2.25. The zero-order chi connectivity index (χ0) is 10.0. The molecule has 0 unspecified atom stereocenters. The molecule has 0 atom stereocenters. The Bertz CT molecular complexity index is 354. The predicted octanol–water partition coefficient (Wildman–Crippen LogP) is 3.15. The van der Waals surface area contributed by atoms with Crippen LogP contribution in [0.5, 0.6) is 0 Å². The van der Waals surface area contributed by atoms with Gasteiger partial charge in [0.15, 0.2) is 17.4 Å². The van der Waals surface area contributed by atoms with Gasteiger partial charge in [-0.25, -0.2) is 8.78 Å². The molecule has 0 radical (unpaired) electrons. The van der Waals surface area contributed by atoms with Gasteiger partial charge in [-0.15, -0.1) is 11.6 Å². The van der Waals surface area contributed by atoms with Crippen LogP contribution in [0.3, 0.4) is 0 Å². The number of halogens is 4. The van der Waals surface area contributed by atoms with Crippen molar-refractivity contribution in [2.45, 2.75) is 0 Å². The number of alkyl halides is 1. The minimum Gasteiger partial charge on any atom is -0.293 e. The molecule has 13 heavy (non-hydrogen) atoms. The molecule has 0 spiro atoms. The topological polar surface area (TPSA) is 17.1 Å². The smallest absolute Gasteiger partial charge is 0.178 e. The molecule has 0 heterocycles. The molecule has 70 valence electrons. The molecule has 0 aliphatic rings. The average Bonchev–Trinajstić information content (AvgIpc) is 2.10. The lowest BCUT2D eigenvalue weighted by Gasteiger charge is -2.01. The van der Waals surface area contributed by atoms with E-state index < -0.39 is 17.4 Å². The molecule has 0 N–H and O–H groups in total. The van der Waals surface area contributed by atoms with Crippen LogP contribution in [0.1, 0.15) is 10.4 Å². The van der Waals surface area contributed by atoms with Gasteiger partial charge in [0.2, 0.25) is 0 Å². The Morgan fingerprint density at radius 2 is 1.92 bits per heavy atom. The number of benzene rings is 1. The third-order valence-corrected chi connectivity index (χ3v) is 2.33. The molecular formula is C8H4BrClF2O. The molecule has 0 aliphatic carbocycles. The lowest BCUT2D eigenvalue weighted by molar-refractivity contribution is 0.102. The van der Waals surface area contributed by atoms with E-state index in [-0.39, 0.29) is 15.9 Å². The number of carbonyl (C=O) groups excluding carboxylic acids is 1. The van der Waals surface area contributed by atoms with Gasteiger partial charge in [-0.3, -0.25) is 4.79 Å². The highest BCUT2D eigenvalue weighted by Gasteiger charge is 2.13. The molecule has 0 fully saturated rings. The lowest BCUT2D eigenvalue weighted by Crippen LogP contribution is -2.03. The highest BCUT2D eigenvalue weighted by Crippen LogP contribution is 2.21. The Morgan fingerprint density at radius 1 is 1.38 bits per heavy atom. The van der Waals surface area contributed by atoms with Crippen molar-refractivity contribution in [2.24, 2.45) is 0 Å². The summed E-state index contributed by atoms with van der Waals surface area (Å²) in [6, 6.07) is 1.72. The van der Waals surface area contributed by atoms with Gasteiger partial charge in [-0.2, -0.15) is 0 Å². The van der Waals surface area contributed by atoms with Gasteiger partial charge in [0, 0.05) is 10.0 Å². The van der Waals surface area contributed by atoms with E-state index in [1.54, 1.807) is 0 Å². The molecule has 0 aromatic heterocycles. The normalized spacial score (nSPS) is 10.2. The van der Waals surface area contributed by atoms with Crippen LogP contribution < -0.4 is 0 Å². The van der Waals surface area contributed by atoms with E-state index in [2.05, 4.69) is 15.9 Å². The summed E-state index contributed by atoms with van der Waals surface area (Å²) in [5.41, 5.74) is 0.0499. The van der Waals surface area contributed by atoms with Crippen molar-refractivity contribution in [1.82, 2.24) is 0 Å². The molecule has 1 aromatic carbocycles. The molecule has 0 aliphatic heterocycles. The summed E-state index contributed by atoms with van der Waals surface area (Å²) >= 11 is 8.20. The first-order valence-corrected chi connectivity index (χ1v) is 4.62. The Hall–Kier alpha value is -0.480. The van der Waals surface area contributed by atoms with Gasteiger partial charge in [0.1, 0.15) is 0 Å². The highest BCUT2D eigenvalue weighted by atomic mass is 79.9. The van der Waals surface area contributed by atoms with Crippen LogP contribution in [0, 0.1) is 11.6 Å². The molecule has 1 aromatic rings.